The monoisotopic (exact) mass is 331 g/mol. The van der Waals surface area contributed by atoms with Crippen LogP contribution in [0.1, 0.15) is 22.6 Å². The van der Waals surface area contributed by atoms with Crippen molar-refractivity contribution in [1.82, 2.24) is 4.98 Å². The molecule has 0 aliphatic carbocycles. The van der Waals surface area contributed by atoms with Gasteiger partial charge in [0.15, 0.2) is 0 Å². The summed E-state index contributed by atoms with van der Waals surface area (Å²) in [6.45, 7) is 0. The Balaban J connectivity index is 0.00000192. The lowest BCUT2D eigenvalue weighted by Gasteiger charge is -2.18. The van der Waals surface area contributed by atoms with Gasteiger partial charge in [0.2, 0.25) is 0 Å². The summed E-state index contributed by atoms with van der Waals surface area (Å²) in [6, 6.07) is 16.9. The molecular formula is C19H16ClF2N. The van der Waals surface area contributed by atoms with Crippen molar-refractivity contribution in [3.8, 4) is 0 Å². The summed E-state index contributed by atoms with van der Waals surface area (Å²) >= 11 is 0. The van der Waals surface area contributed by atoms with Crippen LogP contribution in [0, 0.1) is 11.6 Å². The van der Waals surface area contributed by atoms with Crippen molar-refractivity contribution in [2.45, 2.75) is 12.3 Å². The molecule has 0 bridgehead atoms. The highest BCUT2D eigenvalue weighted by Crippen LogP contribution is 2.28. The third kappa shape index (κ3) is 4.36. The quantitative estimate of drug-likeness (QED) is 0.643. The summed E-state index contributed by atoms with van der Waals surface area (Å²) < 4.78 is 26.3. The minimum atomic E-state index is -0.259. The minimum absolute atomic E-state index is 0. The lowest BCUT2D eigenvalue weighted by Crippen LogP contribution is -2.05. The van der Waals surface area contributed by atoms with Crippen LogP contribution in [0.15, 0.2) is 73.1 Å². The van der Waals surface area contributed by atoms with Crippen LogP contribution >= 0.6 is 12.4 Å². The van der Waals surface area contributed by atoms with Crippen LogP contribution in [0.5, 0.6) is 0 Å². The molecule has 0 saturated heterocycles. The Labute approximate surface area is 140 Å². The standard InChI is InChI=1S/C19H15F2N.ClH/c20-17-5-1-15(2-6-17)19(13-14-9-11-22-12-10-14)16-3-7-18(21)8-4-16;/h1-12,19H,13H2;1H. The van der Waals surface area contributed by atoms with Gasteiger partial charge in [0.1, 0.15) is 11.6 Å². The third-order valence-corrected chi connectivity index (χ3v) is 3.73. The van der Waals surface area contributed by atoms with Gasteiger partial charge >= 0.3 is 0 Å². The minimum Gasteiger partial charge on any atom is -0.265 e. The van der Waals surface area contributed by atoms with Crippen LogP contribution in [0.4, 0.5) is 8.78 Å². The van der Waals surface area contributed by atoms with Crippen molar-refractivity contribution in [2.24, 2.45) is 0 Å². The molecule has 0 atom stereocenters. The molecule has 0 radical (unpaired) electrons. The molecule has 0 amide bonds. The van der Waals surface area contributed by atoms with Crippen molar-refractivity contribution in [2.75, 3.05) is 0 Å². The number of hydrogen-bond donors (Lipinski definition) is 0. The van der Waals surface area contributed by atoms with Crippen molar-refractivity contribution >= 4 is 12.4 Å². The summed E-state index contributed by atoms with van der Waals surface area (Å²) in [5, 5.41) is 0. The molecule has 1 nitrogen and oxygen atoms in total. The number of aromatic nitrogens is 1. The van der Waals surface area contributed by atoms with E-state index in [1.165, 1.54) is 24.3 Å². The third-order valence-electron chi connectivity index (χ3n) is 3.73. The number of pyridine rings is 1. The maximum atomic E-state index is 13.2. The Morgan fingerprint density at radius 3 is 1.57 bits per heavy atom. The van der Waals surface area contributed by atoms with E-state index in [0.717, 1.165) is 23.1 Å². The summed E-state index contributed by atoms with van der Waals surface area (Å²) in [5.41, 5.74) is 3.14. The van der Waals surface area contributed by atoms with E-state index in [1.54, 1.807) is 36.7 Å². The first-order valence-electron chi connectivity index (χ1n) is 7.12. The van der Waals surface area contributed by atoms with Crippen molar-refractivity contribution < 1.29 is 8.78 Å². The zero-order valence-electron chi connectivity index (χ0n) is 12.3. The average Bonchev–Trinajstić information content (AvgIpc) is 2.56. The molecule has 3 rings (SSSR count). The number of rotatable bonds is 4. The highest BCUT2D eigenvalue weighted by atomic mass is 35.5. The summed E-state index contributed by atoms with van der Waals surface area (Å²) in [5.74, 6) is -0.473. The van der Waals surface area contributed by atoms with Crippen LogP contribution in [0.2, 0.25) is 0 Å². The number of nitrogens with zero attached hydrogens (tertiary/aromatic N) is 1. The van der Waals surface area contributed by atoms with Gasteiger partial charge in [-0.3, -0.25) is 4.98 Å². The van der Waals surface area contributed by atoms with E-state index in [4.69, 9.17) is 0 Å². The zero-order chi connectivity index (χ0) is 15.4. The first kappa shape index (κ1) is 17.1. The van der Waals surface area contributed by atoms with E-state index in [2.05, 4.69) is 4.98 Å². The van der Waals surface area contributed by atoms with Crippen molar-refractivity contribution in [1.29, 1.82) is 0 Å². The smallest absolute Gasteiger partial charge is 0.123 e. The van der Waals surface area contributed by atoms with Crippen LogP contribution in [-0.4, -0.2) is 4.98 Å². The molecule has 2 aromatic carbocycles. The summed E-state index contributed by atoms with van der Waals surface area (Å²) in [4.78, 5) is 4.02. The molecule has 0 unspecified atom stereocenters. The Morgan fingerprint density at radius 2 is 1.13 bits per heavy atom. The fraction of sp³-hybridized carbons (Fsp3) is 0.105. The molecule has 23 heavy (non-hydrogen) atoms. The molecule has 0 aliphatic rings. The molecule has 1 heterocycles. The Morgan fingerprint density at radius 1 is 0.696 bits per heavy atom. The average molecular weight is 332 g/mol. The molecule has 0 fully saturated rings. The molecule has 3 aromatic rings. The van der Waals surface area contributed by atoms with Gasteiger partial charge in [-0.15, -0.1) is 12.4 Å². The maximum absolute atomic E-state index is 13.2. The van der Waals surface area contributed by atoms with Crippen LogP contribution < -0.4 is 0 Å². The second-order valence-electron chi connectivity index (χ2n) is 5.22. The summed E-state index contributed by atoms with van der Waals surface area (Å²) in [6.07, 6.45) is 4.25. The second kappa shape index (κ2) is 7.84. The predicted octanol–water partition coefficient (Wildman–Crippen LogP) is 5.16. The number of hydrogen-bond acceptors (Lipinski definition) is 1. The molecular weight excluding hydrogens is 316 g/mol. The van der Waals surface area contributed by atoms with Crippen molar-refractivity contribution in [3.05, 3.63) is 101 Å². The highest BCUT2D eigenvalue weighted by Gasteiger charge is 2.15. The fourth-order valence-electron chi connectivity index (χ4n) is 2.57. The van der Waals surface area contributed by atoms with Gasteiger partial charge in [0, 0.05) is 18.3 Å². The van der Waals surface area contributed by atoms with E-state index in [0.29, 0.717) is 0 Å². The van der Waals surface area contributed by atoms with Gasteiger partial charge in [0.25, 0.3) is 0 Å². The highest BCUT2D eigenvalue weighted by molar-refractivity contribution is 5.85. The van der Waals surface area contributed by atoms with Gasteiger partial charge in [-0.25, -0.2) is 8.78 Å². The number of benzene rings is 2. The van der Waals surface area contributed by atoms with Crippen LogP contribution in [0.3, 0.4) is 0 Å². The molecule has 118 valence electrons. The number of halogens is 3. The fourth-order valence-corrected chi connectivity index (χ4v) is 2.57. The first-order chi connectivity index (χ1) is 10.7. The maximum Gasteiger partial charge on any atom is 0.123 e. The molecule has 1 aromatic heterocycles. The predicted molar refractivity (Wildman–Crippen MR) is 89.8 cm³/mol. The van der Waals surface area contributed by atoms with Gasteiger partial charge in [-0.1, -0.05) is 24.3 Å². The molecule has 0 spiro atoms. The van der Waals surface area contributed by atoms with Gasteiger partial charge in [-0.2, -0.15) is 0 Å². The van der Waals surface area contributed by atoms with E-state index in [1.807, 2.05) is 12.1 Å². The van der Waals surface area contributed by atoms with Gasteiger partial charge in [0.05, 0.1) is 0 Å². The Kier molecular flexibility index (Phi) is 5.83. The lowest BCUT2D eigenvalue weighted by atomic mass is 9.86. The van der Waals surface area contributed by atoms with Gasteiger partial charge < -0.3 is 0 Å². The van der Waals surface area contributed by atoms with Crippen LogP contribution in [0.25, 0.3) is 0 Å². The van der Waals surface area contributed by atoms with E-state index in [-0.39, 0.29) is 30.0 Å². The largest absolute Gasteiger partial charge is 0.265 e. The van der Waals surface area contributed by atoms with Gasteiger partial charge in [-0.05, 0) is 59.5 Å². The second-order valence-corrected chi connectivity index (χ2v) is 5.22. The van der Waals surface area contributed by atoms with Crippen molar-refractivity contribution in [3.63, 3.8) is 0 Å². The first-order valence-corrected chi connectivity index (χ1v) is 7.12. The topological polar surface area (TPSA) is 12.9 Å². The van der Waals surface area contributed by atoms with Crippen LogP contribution in [-0.2, 0) is 6.42 Å². The molecule has 0 N–H and O–H groups in total. The summed E-state index contributed by atoms with van der Waals surface area (Å²) in [7, 11) is 0. The van der Waals surface area contributed by atoms with E-state index >= 15 is 0 Å². The Hall–Kier alpha value is -2.26. The normalized spacial score (nSPS) is 10.4. The SMILES string of the molecule is Cl.Fc1ccc(C(Cc2ccncc2)c2ccc(F)cc2)cc1. The molecule has 0 saturated carbocycles. The Bertz CT molecular complexity index is 682. The van der Waals surface area contributed by atoms with E-state index < -0.39 is 0 Å². The van der Waals surface area contributed by atoms with E-state index in [9.17, 15) is 8.78 Å². The molecule has 0 aliphatic heterocycles. The zero-order valence-corrected chi connectivity index (χ0v) is 13.1. The molecule has 4 heteroatoms. The lowest BCUT2D eigenvalue weighted by molar-refractivity contribution is 0.624.